The lowest BCUT2D eigenvalue weighted by molar-refractivity contribution is 0.0932. The second-order valence-corrected chi connectivity index (χ2v) is 4.37. The van der Waals surface area contributed by atoms with Crippen LogP contribution in [0.2, 0.25) is 0 Å². The average Bonchev–Trinajstić information content (AvgIpc) is 2.61. The number of hydrogen-bond acceptors (Lipinski definition) is 2. The van der Waals surface area contributed by atoms with Gasteiger partial charge in [0.15, 0.2) is 0 Å². The summed E-state index contributed by atoms with van der Waals surface area (Å²) in [4.78, 5) is 11.6. The molecule has 0 fully saturated rings. The lowest BCUT2D eigenvalue weighted by Gasteiger charge is -2.11. The van der Waals surface area contributed by atoms with Crippen LogP contribution in [0.25, 0.3) is 0 Å². The van der Waals surface area contributed by atoms with Crippen molar-refractivity contribution in [2.75, 3.05) is 5.33 Å². The highest BCUT2D eigenvalue weighted by Gasteiger charge is 2.11. The van der Waals surface area contributed by atoms with Crippen molar-refractivity contribution in [1.29, 1.82) is 0 Å². The normalized spacial score (nSPS) is 12.5. The Morgan fingerprint density at radius 3 is 3.00 bits per heavy atom. The predicted octanol–water partition coefficient (Wildman–Crippen LogP) is 1.71. The predicted molar refractivity (Wildman–Crippen MR) is 63.2 cm³/mol. The highest BCUT2D eigenvalue weighted by molar-refractivity contribution is 9.09. The molecule has 5 heteroatoms. The fourth-order valence-electron chi connectivity index (χ4n) is 1.29. The minimum Gasteiger partial charge on any atom is -0.348 e. The SMILES string of the molecule is CC(CCCBr)NC(=O)c1ccn(C)n1. The van der Waals surface area contributed by atoms with Crippen molar-refractivity contribution in [1.82, 2.24) is 15.1 Å². The molecule has 0 spiro atoms. The molecule has 1 aromatic rings. The van der Waals surface area contributed by atoms with Gasteiger partial charge in [0, 0.05) is 24.6 Å². The van der Waals surface area contributed by atoms with Crippen molar-refractivity contribution >= 4 is 21.8 Å². The second-order valence-electron chi connectivity index (χ2n) is 3.58. The molecule has 0 saturated heterocycles. The minimum atomic E-state index is -0.0994. The summed E-state index contributed by atoms with van der Waals surface area (Å²) in [5.41, 5.74) is 0.475. The number of carbonyl (C=O) groups excluding carboxylic acids is 1. The molecule has 1 rings (SSSR count). The van der Waals surface area contributed by atoms with Crippen molar-refractivity contribution < 1.29 is 4.79 Å². The highest BCUT2D eigenvalue weighted by atomic mass is 79.9. The van der Waals surface area contributed by atoms with E-state index in [0.717, 1.165) is 18.2 Å². The van der Waals surface area contributed by atoms with Gasteiger partial charge in [-0.3, -0.25) is 9.48 Å². The molecular weight excluding hydrogens is 258 g/mol. The summed E-state index contributed by atoms with van der Waals surface area (Å²) in [5, 5.41) is 7.92. The Hall–Kier alpha value is -0.840. The van der Waals surface area contributed by atoms with Crippen LogP contribution in [-0.4, -0.2) is 27.1 Å². The zero-order valence-corrected chi connectivity index (χ0v) is 10.6. The van der Waals surface area contributed by atoms with Crippen LogP contribution in [0, 0.1) is 0 Å². The fourth-order valence-corrected chi connectivity index (χ4v) is 1.61. The summed E-state index contributed by atoms with van der Waals surface area (Å²) in [5.74, 6) is -0.0994. The van der Waals surface area contributed by atoms with Crippen LogP contribution in [0.1, 0.15) is 30.3 Å². The maximum Gasteiger partial charge on any atom is 0.271 e. The lowest BCUT2D eigenvalue weighted by atomic mass is 10.2. The van der Waals surface area contributed by atoms with Crippen molar-refractivity contribution in [3.05, 3.63) is 18.0 Å². The first-order valence-corrected chi connectivity index (χ1v) is 6.12. The lowest BCUT2D eigenvalue weighted by Crippen LogP contribution is -2.32. The number of nitrogens with zero attached hydrogens (tertiary/aromatic N) is 2. The third-order valence-corrected chi connectivity index (χ3v) is 2.66. The van der Waals surface area contributed by atoms with Gasteiger partial charge >= 0.3 is 0 Å². The van der Waals surface area contributed by atoms with E-state index < -0.39 is 0 Å². The van der Waals surface area contributed by atoms with Crippen molar-refractivity contribution in [2.45, 2.75) is 25.8 Å². The molecule has 1 aromatic heterocycles. The largest absolute Gasteiger partial charge is 0.348 e. The Morgan fingerprint density at radius 2 is 2.47 bits per heavy atom. The number of alkyl halides is 1. The molecule has 0 radical (unpaired) electrons. The van der Waals surface area contributed by atoms with E-state index in [1.807, 2.05) is 6.92 Å². The molecule has 1 atom stereocenters. The molecule has 0 aliphatic rings. The van der Waals surface area contributed by atoms with E-state index in [1.54, 1.807) is 24.0 Å². The number of aromatic nitrogens is 2. The third-order valence-electron chi connectivity index (χ3n) is 2.09. The Bertz CT molecular complexity index is 324. The van der Waals surface area contributed by atoms with Gasteiger partial charge < -0.3 is 5.32 Å². The molecule has 1 unspecified atom stereocenters. The maximum atomic E-state index is 11.6. The molecule has 0 aliphatic carbocycles. The van der Waals surface area contributed by atoms with Crippen molar-refractivity contribution in [2.24, 2.45) is 7.05 Å². The second kappa shape index (κ2) is 5.90. The van der Waals surface area contributed by atoms with Crippen LogP contribution < -0.4 is 5.32 Å². The average molecular weight is 274 g/mol. The van der Waals surface area contributed by atoms with Crippen LogP contribution in [0.4, 0.5) is 0 Å². The molecular formula is C10H16BrN3O. The standard InChI is InChI=1S/C10H16BrN3O/c1-8(4-3-6-11)12-10(15)9-5-7-14(2)13-9/h5,7-8H,3-4,6H2,1-2H3,(H,12,15). The molecule has 1 heterocycles. The Kier molecular flexibility index (Phi) is 4.81. The summed E-state index contributed by atoms with van der Waals surface area (Å²) in [6, 6.07) is 1.91. The maximum absolute atomic E-state index is 11.6. The summed E-state index contributed by atoms with van der Waals surface area (Å²) in [7, 11) is 1.80. The number of amides is 1. The number of aryl methyl sites for hydroxylation is 1. The molecule has 4 nitrogen and oxygen atoms in total. The van der Waals surface area contributed by atoms with E-state index in [-0.39, 0.29) is 11.9 Å². The number of rotatable bonds is 5. The van der Waals surface area contributed by atoms with Crippen LogP contribution in [0.5, 0.6) is 0 Å². The summed E-state index contributed by atoms with van der Waals surface area (Å²) in [6.07, 6.45) is 3.80. The first-order valence-electron chi connectivity index (χ1n) is 5.00. The summed E-state index contributed by atoms with van der Waals surface area (Å²) < 4.78 is 1.62. The molecule has 0 saturated carbocycles. The monoisotopic (exact) mass is 273 g/mol. The van der Waals surface area contributed by atoms with E-state index in [1.165, 1.54) is 0 Å². The van der Waals surface area contributed by atoms with Crippen LogP contribution in [-0.2, 0) is 7.05 Å². The van der Waals surface area contributed by atoms with Gasteiger partial charge in [-0.25, -0.2) is 0 Å². The zero-order chi connectivity index (χ0) is 11.3. The minimum absolute atomic E-state index is 0.0994. The van der Waals surface area contributed by atoms with Gasteiger partial charge in [0.25, 0.3) is 5.91 Å². The third kappa shape index (κ3) is 4.03. The number of halogens is 1. The first-order chi connectivity index (χ1) is 7.13. The quantitative estimate of drug-likeness (QED) is 0.831. The number of hydrogen-bond donors (Lipinski definition) is 1. The molecule has 0 aromatic carbocycles. The van der Waals surface area contributed by atoms with Gasteiger partial charge in [-0.05, 0) is 25.8 Å². The Balaban J connectivity index is 2.42. The van der Waals surface area contributed by atoms with Gasteiger partial charge in [-0.2, -0.15) is 5.10 Å². The summed E-state index contributed by atoms with van der Waals surface area (Å²) >= 11 is 3.36. The zero-order valence-electron chi connectivity index (χ0n) is 9.03. The molecule has 15 heavy (non-hydrogen) atoms. The first kappa shape index (κ1) is 12.2. The molecule has 84 valence electrons. The molecule has 1 N–H and O–H groups in total. The van der Waals surface area contributed by atoms with Gasteiger partial charge in [0.2, 0.25) is 0 Å². The smallest absolute Gasteiger partial charge is 0.271 e. The Labute approximate surface area is 98.2 Å². The molecule has 1 amide bonds. The number of carbonyl (C=O) groups is 1. The topological polar surface area (TPSA) is 46.9 Å². The van der Waals surface area contributed by atoms with E-state index in [0.29, 0.717) is 5.69 Å². The van der Waals surface area contributed by atoms with E-state index in [9.17, 15) is 4.79 Å². The van der Waals surface area contributed by atoms with Crippen LogP contribution in [0.3, 0.4) is 0 Å². The Morgan fingerprint density at radius 1 is 1.73 bits per heavy atom. The summed E-state index contributed by atoms with van der Waals surface area (Å²) in [6.45, 7) is 2.00. The van der Waals surface area contributed by atoms with Crippen molar-refractivity contribution in [3.8, 4) is 0 Å². The number of nitrogens with one attached hydrogen (secondary N) is 1. The molecule has 0 aliphatic heterocycles. The van der Waals surface area contributed by atoms with E-state index in [4.69, 9.17) is 0 Å². The fraction of sp³-hybridized carbons (Fsp3) is 0.600. The molecule has 0 bridgehead atoms. The van der Waals surface area contributed by atoms with Crippen molar-refractivity contribution in [3.63, 3.8) is 0 Å². The van der Waals surface area contributed by atoms with Crippen LogP contribution >= 0.6 is 15.9 Å². The highest BCUT2D eigenvalue weighted by Crippen LogP contribution is 2.01. The van der Waals surface area contributed by atoms with Gasteiger partial charge in [0.05, 0.1) is 0 Å². The van der Waals surface area contributed by atoms with Crippen LogP contribution in [0.15, 0.2) is 12.3 Å². The van der Waals surface area contributed by atoms with E-state index in [2.05, 4.69) is 26.3 Å². The van der Waals surface area contributed by atoms with E-state index >= 15 is 0 Å². The van der Waals surface area contributed by atoms with Gasteiger partial charge in [-0.1, -0.05) is 15.9 Å². The van der Waals surface area contributed by atoms with Gasteiger partial charge in [0.1, 0.15) is 5.69 Å². The van der Waals surface area contributed by atoms with Gasteiger partial charge in [-0.15, -0.1) is 0 Å².